The van der Waals surface area contributed by atoms with E-state index >= 15 is 0 Å². The number of hydrogen-bond acceptors (Lipinski definition) is 4. The minimum absolute atomic E-state index is 0.0816. The van der Waals surface area contributed by atoms with E-state index in [4.69, 9.17) is 0 Å². The van der Waals surface area contributed by atoms with Gasteiger partial charge >= 0.3 is 0 Å². The number of piperidine rings is 1. The fourth-order valence-electron chi connectivity index (χ4n) is 3.00. The van der Waals surface area contributed by atoms with Crippen molar-refractivity contribution in [3.63, 3.8) is 0 Å². The lowest BCUT2D eigenvalue weighted by Crippen LogP contribution is -2.49. The highest BCUT2D eigenvalue weighted by molar-refractivity contribution is 5.94. The molecule has 124 valence electrons. The van der Waals surface area contributed by atoms with Crippen LogP contribution in [-0.2, 0) is 5.60 Å². The van der Waals surface area contributed by atoms with Crippen LogP contribution in [0.2, 0.25) is 0 Å². The Bertz CT molecular complexity index is 705. The van der Waals surface area contributed by atoms with Gasteiger partial charge in [-0.25, -0.2) is 4.68 Å². The minimum Gasteiger partial charge on any atom is -0.382 e. The third-order valence-corrected chi connectivity index (χ3v) is 4.44. The van der Waals surface area contributed by atoms with Crippen LogP contribution in [0.5, 0.6) is 0 Å². The molecule has 1 unspecified atom stereocenters. The number of nitrogens with one attached hydrogen (secondary N) is 1. The normalized spacial score (nSPS) is 21.9. The summed E-state index contributed by atoms with van der Waals surface area (Å²) in [5.74, 6) is -0.0816. The Morgan fingerprint density at radius 2 is 2.26 bits per heavy atom. The van der Waals surface area contributed by atoms with Gasteiger partial charge in [0.2, 0.25) is 0 Å². The predicted molar refractivity (Wildman–Crippen MR) is 85.0 cm³/mol. The largest absolute Gasteiger partial charge is 0.382 e. The minimum atomic E-state index is -1.14. The Labute approximate surface area is 135 Å². The van der Waals surface area contributed by atoms with E-state index in [9.17, 15) is 9.90 Å². The van der Waals surface area contributed by atoms with Gasteiger partial charge in [0, 0.05) is 18.8 Å². The SMILES string of the molecule is Cc1cc[nH]c1C(=O)N1CCCC(O)(c2cn(C(C)C)nn2)C1. The number of aryl methyl sites for hydroxylation is 1. The van der Waals surface area contributed by atoms with Crippen molar-refractivity contribution in [3.05, 3.63) is 35.4 Å². The summed E-state index contributed by atoms with van der Waals surface area (Å²) in [6, 6.07) is 2.06. The van der Waals surface area contributed by atoms with Crippen molar-refractivity contribution in [3.8, 4) is 0 Å². The maximum absolute atomic E-state index is 12.7. The number of likely N-dealkylation sites (tertiary alicyclic amines) is 1. The summed E-state index contributed by atoms with van der Waals surface area (Å²) in [6.45, 7) is 6.79. The number of carbonyl (C=O) groups is 1. The number of aromatic amines is 1. The van der Waals surface area contributed by atoms with E-state index in [1.807, 2.05) is 26.8 Å². The molecule has 0 spiro atoms. The van der Waals surface area contributed by atoms with Crippen LogP contribution >= 0.6 is 0 Å². The van der Waals surface area contributed by atoms with Crippen LogP contribution in [0.25, 0.3) is 0 Å². The van der Waals surface area contributed by atoms with Crippen LogP contribution in [0, 0.1) is 6.92 Å². The first-order valence-corrected chi connectivity index (χ1v) is 7.98. The van der Waals surface area contributed by atoms with Crippen molar-refractivity contribution in [2.75, 3.05) is 13.1 Å². The number of carbonyl (C=O) groups excluding carboxylic acids is 1. The molecule has 1 aliphatic heterocycles. The van der Waals surface area contributed by atoms with E-state index < -0.39 is 5.60 Å². The molecule has 7 heteroatoms. The third kappa shape index (κ3) is 2.88. The van der Waals surface area contributed by atoms with Gasteiger partial charge in [-0.3, -0.25) is 4.79 Å². The fraction of sp³-hybridized carbons (Fsp3) is 0.562. The van der Waals surface area contributed by atoms with E-state index in [0.29, 0.717) is 24.4 Å². The molecular weight excluding hydrogens is 294 g/mol. The molecule has 3 rings (SSSR count). The van der Waals surface area contributed by atoms with E-state index in [-0.39, 0.29) is 18.5 Å². The molecule has 2 N–H and O–H groups in total. The summed E-state index contributed by atoms with van der Waals surface area (Å²) >= 11 is 0. The van der Waals surface area contributed by atoms with Crippen molar-refractivity contribution in [1.29, 1.82) is 0 Å². The van der Waals surface area contributed by atoms with Gasteiger partial charge in [-0.1, -0.05) is 5.21 Å². The molecule has 1 atom stereocenters. The van der Waals surface area contributed by atoms with Gasteiger partial charge in [-0.15, -0.1) is 5.10 Å². The van der Waals surface area contributed by atoms with Gasteiger partial charge in [-0.05, 0) is 45.2 Å². The lowest BCUT2D eigenvalue weighted by Gasteiger charge is -2.37. The topological polar surface area (TPSA) is 87.0 Å². The van der Waals surface area contributed by atoms with Gasteiger partial charge in [0.25, 0.3) is 5.91 Å². The molecule has 0 aromatic carbocycles. The number of nitrogens with zero attached hydrogens (tertiary/aromatic N) is 4. The maximum Gasteiger partial charge on any atom is 0.270 e. The second-order valence-corrected chi connectivity index (χ2v) is 6.58. The zero-order valence-corrected chi connectivity index (χ0v) is 13.8. The number of H-pyrrole nitrogens is 1. The van der Waals surface area contributed by atoms with Gasteiger partial charge < -0.3 is 15.0 Å². The molecule has 1 aliphatic rings. The lowest BCUT2D eigenvalue weighted by atomic mass is 9.89. The van der Waals surface area contributed by atoms with Crippen LogP contribution in [0.3, 0.4) is 0 Å². The number of aromatic nitrogens is 4. The van der Waals surface area contributed by atoms with Gasteiger partial charge in [0.15, 0.2) is 0 Å². The summed E-state index contributed by atoms with van der Waals surface area (Å²) in [7, 11) is 0. The number of amides is 1. The van der Waals surface area contributed by atoms with Crippen LogP contribution < -0.4 is 0 Å². The molecule has 23 heavy (non-hydrogen) atoms. The molecular formula is C16H23N5O2. The van der Waals surface area contributed by atoms with E-state index in [1.165, 1.54) is 0 Å². The Hall–Kier alpha value is -2.15. The number of rotatable bonds is 3. The van der Waals surface area contributed by atoms with Crippen molar-refractivity contribution in [1.82, 2.24) is 24.9 Å². The predicted octanol–water partition coefficient (Wildman–Crippen LogP) is 1.62. The molecule has 0 saturated carbocycles. The molecule has 7 nitrogen and oxygen atoms in total. The Morgan fingerprint density at radius 1 is 1.48 bits per heavy atom. The van der Waals surface area contributed by atoms with E-state index in [1.54, 1.807) is 22.0 Å². The lowest BCUT2D eigenvalue weighted by molar-refractivity contribution is -0.0322. The van der Waals surface area contributed by atoms with Gasteiger partial charge in [-0.2, -0.15) is 0 Å². The molecule has 0 aliphatic carbocycles. The Kier molecular flexibility index (Phi) is 3.97. The Morgan fingerprint density at radius 3 is 2.87 bits per heavy atom. The zero-order chi connectivity index (χ0) is 16.6. The number of aliphatic hydroxyl groups is 1. The number of hydrogen-bond donors (Lipinski definition) is 2. The molecule has 0 radical (unpaired) electrons. The van der Waals surface area contributed by atoms with E-state index in [2.05, 4.69) is 15.3 Å². The second-order valence-electron chi connectivity index (χ2n) is 6.58. The van der Waals surface area contributed by atoms with Gasteiger partial charge in [0.1, 0.15) is 17.0 Å². The van der Waals surface area contributed by atoms with Crippen molar-refractivity contribution in [2.24, 2.45) is 0 Å². The standard InChI is InChI=1S/C16H23N5O2/c1-11(2)21-9-13(18-19-21)16(23)6-4-8-20(10-16)15(22)14-12(3)5-7-17-14/h5,7,9,11,17,23H,4,6,8,10H2,1-3H3. The number of β-amino-alcohol motifs (C(OH)–C–C–N with tert-alkyl or cyclic N) is 1. The first-order chi connectivity index (χ1) is 10.9. The van der Waals surface area contributed by atoms with Crippen molar-refractivity contribution in [2.45, 2.75) is 45.3 Å². The first-order valence-electron chi connectivity index (χ1n) is 7.98. The second kappa shape index (κ2) is 5.81. The van der Waals surface area contributed by atoms with Crippen molar-refractivity contribution < 1.29 is 9.90 Å². The molecule has 0 bridgehead atoms. The van der Waals surface area contributed by atoms with Crippen molar-refractivity contribution >= 4 is 5.91 Å². The summed E-state index contributed by atoms with van der Waals surface area (Å²) in [5.41, 5.74) is 0.892. The molecule has 3 heterocycles. The zero-order valence-electron chi connectivity index (χ0n) is 13.8. The Balaban J connectivity index is 1.81. The molecule has 1 fully saturated rings. The highest BCUT2D eigenvalue weighted by Crippen LogP contribution is 2.31. The summed E-state index contributed by atoms with van der Waals surface area (Å²) in [6.07, 6.45) is 4.85. The average molecular weight is 317 g/mol. The molecule has 1 saturated heterocycles. The summed E-state index contributed by atoms with van der Waals surface area (Å²) in [5, 5.41) is 19.2. The highest BCUT2D eigenvalue weighted by atomic mass is 16.3. The fourth-order valence-corrected chi connectivity index (χ4v) is 3.00. The van der Waals surface area contributed by atoms with Crippen LogP contribution in [0.15, 0.2) is 18.5 Å². The maximum atomic E-state index is 12.7. The molecule has 1 amide bonds. The van der Waals surface area contributed by atoms with E-state index in [0.717, 1.165) is 12.0 Å². The van der Waals surface area contributed by atoms with Crippen LogP contribution in [-0.4, -0.2) is 49.0 Å². The summed E-state index contributed by atoms with van der Waals surface area (Å²) < 4.78 is 1.73. The molecule has 2 aromatic heterocycles. The smallest absolute Gasteiger partial charge is 0.270 e. The third-order valence-electron chi connectivity index (χ3n) is 4.44. The summed E-state index contributed by atoms with van der Waals surface area (Å²) in [4.78, 5) is 17.3. The monoisotopic (exact) mass is 317 g/mol. The van der Waals surface area contributed by atoms with Gasteiger partial charge in [0.05, 0.1) is 12.7 Å². The first kappa shape index (κ1) is 15.7. The average Bonchev–Trinajstić information content (AvgIpc) is 3.15. The van der Waals surface area contributed by atoms with Crippen LogP contribution in [0.1, 0.15) is 54.5 Å². The van der Waals surface area contributed by atoms with Crippen LogP contribution in [0.4, 0.5) is 0 Å². The molecule has 2 aromatic rings. The highest BCUT2D eigenvalue weighted by Gasteiger charge is 2.39. The quantitative estimate of drug-likeness (QED) is 0.900.